The Morgan fingerprint density at radius 1 is 0.600 bits per heavy atom. The van der Waals surface area contributed by atoms with Crippen LogP contribution in [0.5, 0.6) is 0 Å². The van der Waals surface area contributed by atoms with Crippen molar-refractivity contribution >= 4 is 11.8 Å². The molecule has 0 bridgehead atoms. The van der Waals surface area contributed by atoms with E-state index in [2.05, 4.69) is 69.6 Å². The minimum Gasteiger partial charge on any atom is -0.490 e. The van der Waals surface area contributed by atoms with E-state index in [-0.39, 0.29) is 20.7 Å². The van der Waals surface area contributed by atoms with Crippen LogP contribution in [0, 0.1) is 29.6 Å². The summed E-state index contributed by atoms with van der Waals surface area (Å²) in [6.07, 6.45) is 23.8. The van der Waals surface area contributed by atoms with Crippen LogP contribution in [0.3, 0.4) is 0 Å². The summed E-state index contributed by atoms with van der Waals surface area (Å²) in [6, 6.07) is 0. The second kappa shape index (κ2) is 35.7. The average Bonchev–Trinajstić information content (AvgIpc) is 3.16. The highest BCUT2D eigenvalue weighted by atomic mass is 16.7. The van der Waals surface area contributed by atoms with Crippen molar-refractivity contribution in [1.29, 1.82) is 0 Å². The van der Waals surface area contributed by atoms with E-state index >= 15 is 0 Å². The van der Waals surface area contributed by atoms with Gasteiger partial charge < -0.3 is 14.2 Å². The van der Waals surface area contributed by atoms with Gasteiger partial charge in [-0.25, -0.2) is 5.48 Å². The number of Topliss-reactive ketones (excluding diaryl/α,β-unsaturated/α-hetero) is 1. The first-order chi connectivity index (χ1) is 26.6. The number of carbonyl (C=O) groups is 2. The van der Waals surface area contributed by atoms with Crippen molar-refractivity contribution in [3.8, 4) is 11.8 Å². The smallest absolute Gasteiger partial charge is 0.321 e. The molecule has 0 heterocycles. The molecule has 0 fully saturated rings. The fourth-order valence-electron chi connectivity index (χ4n) is 6.35. The van der Waals surface area contributed by atoms with Crippen molar-refractivity contribution in [2.45, 2.75) is 202 Å². The van der Waals surface area contributed by atoms with Crippen molar-refractivity contribution in [3.05, 3.63) is 36.1 Å². The normalized spacial score (nSPS) is 12.7. The van der Waals surface area contributed by atoms with Crippen LogP contribution < -0.4 is 5.48 Å². The van der Waals surface area contributed by atoms with E-state index in [1.54, 1.807) is 0 Å². The fraction of sp³-hybridized carbons (Fsp3) is 0.792. The maximum absolute atomic E-state index is 13.1. The van der Waals surface area contributed by atoms with Gasteiger partial charge in [-0.05, 0) is 90.9 Å². The summed E-state index contributed by atoms with van der Waals surface area (Å²) in [6.45, 7) is 24.4. The van der Waals surface area contributed by atoms with E-state index in [1.807, 2.05) is 20.8 Å². The van der Waals surface area contributed by atoms with E-state index in [0.717, 1.165) is 75.7 Å². The molecule has 1 N–H and O–H groups in total. The number of esters is 1. The number of unbranched alkanes of at least 4 members (excludes halogenated alkanes) is 11. The standard InChI is InChI=1S/C48H83NO6.2H2/c1-10-16-20-24-31-41(29-18-12-3)45(14-5)52-38-26-22-23-27-39-54-47(51)43(36-37-49-55-48(7,8)9)34-35-44(50)33-28-40-53-46(15-6)42(30-19-13-4)32-25-21-17-11-2;;/h41-43,49H,5-6,10-13,16-33,36-40H2,1-4,7-9H3;2*1H/t41?,42?,43-;;/m0../s1. The molecule has 0 radical (unpaired) electrons. The summed E-state index contributed by atoms with van der Waals surface area (Å²) in [5.41, 5.74) is 8.69. The first kappa shape index (κ1) is 52.3. The molecule has 0 aromatic carbocycles. The number of rotatable bonds is 36. The lowest BCUT2D eigenvalue weighted by atomic mass is 9.93. The Morgan fingerprint density at radius 3 is 1.53 bits per heavy atom. The Balaban J connectivity index is -0.0000146. The summed E-state index contributed by atoms with van der Waals surface area (Å²) in [5.74, 6) is 6.78. The maximum Gasteiger partial charge on any atom is 0.321 e. The Morgan fingerprint density at radius 2 is 1.05 bits per heavy atom. The molecule has 0 aliphatic rings. The van der Waals surface area contributed by atoms with Gasteiger partial charge in [0.1, 0.15) is 17.4 Å². The van der Waals surface area contributed by atoms with Crippen LogP contribution in [0.4, 0.5) is 0 Å². The molecule has 0 aromatic heterocycles. The van der Waals surface area contributed by atoms with Crippen LogP contribution in [0.15, 0.2) is 36.1 Å². The van der Waals surface area contributed by atoms with Gasteiger partial charge in [0, 0.05) is 27.7 Å². The number of ether oxygens (including phenoxy) is 3. The van der Waals surface area contributed by atoms with Crippen LogP contribution in [-0.2, 0) is 28.6 Å². The Bertz CT molecular complexity index is 1160. The molecule has 0 spiro atoms. The minimum absolute atomic E-state index is 0. The minimum atomic E-state index is -0.723. The van der Waals surface area contributed by atoms with Gasteiger partial charge in [0.25, 0.3) is 0 Å². The average molecular weight is 774 g/mol. The first-order valence-corrected chi connectivity index (χ1v) is 22.2. The molecule has 320 valence electrons. The van der Waals surface area contributed by atoms with Crippen molar-refractivity contribution in [1.82, 2.24) is 5.48 Å². The maximum atomic E-state index is 13.1. The molecule has 7 heteroatoms. The Kier molecular flexibility index (Phi) is 33.9. The topological polar surface area (TPSA) is 83.1 Å². The Labute approximate surface area is 341 Å². The van der Waals surface area contributed by atoms with Gasteiger partial charge >= 0.3 is 5.97 Å². The van der Waals surface area contributed by atoms with Crippen molar-refractivity contribution in [3.63, 3.8) is 0 Å². The SMILES string of the molecule is C=C=C(OCCCCCCOC(=O)[C@@H](C#CC(=O)CCCOC(=C=C)C(CCCC)CCCCCC)CCNOC(C)(C)C)C(CCCC)CCCCCC.[HH].[HH]. The number of hydroxylamine groups is 1. The number of nitrogens with one attached hydrogen (secondary N) is 1. The summed E-state index contributed by atoms with van der Waals surface area (Å²) >= 11 is 0. The molecule has 0 saturated heterocycles. The van der Waals surface area contributed by atoms with E-state index in [9.17, 15) is 9.59 Å². The van der Waals surface area contributed by atoms with Gasteiger partial charge in [0.15, 0.2) is 0 Å². The van der Waals surface area contributed by atoms with E-state index in [1.165, 1.54) is 64.2 Å². The molecular weight excluding hydrogens is 687 g/mol. The van der Waals surface area contributed by atoms with Crippen LogP contribution >= 0.6 is 0 Å². The molecular formula is C48H87NO6. The second-order valence-electron chi connectivity index (χ2n) is 16.0. The molecule has 0 aliphatic carbocycles. The number of hydrogen-bond acceptors (Lipinski definition) is 7. The summed E-state index contributed by atoms with van der Waals surface area (Å²) in [7, 11) is 0. The van der Waals surface area contributed by atoms with Crippen molar-refractivity contribution in [2.75, 3.05) is 26.4 Å². The van der Waals surface area contributed by atoms with Gasteiger partial charge in [-0.15, -0.1) is 0 Å². The van der Waals surface area contributed by atoms with E-state index < -0.39 is 11.9 Å². The fourth-order valence-corrected chi connectivity index (χ4v) is 6.35. The molecule has 0 saturated carbocycles. The van der Waals surface area contributed by atoms with Gasteiger partial charge in [-0.3, -0.25) is 14.4 Å². The highest BCUT2D eigenvalue weighted by Gasteiger charge is 2.20. The zero-order valence-electron chi connectivity index (χ0n) is 36.7. The van der Waals surface area contributed by atoms with E-state index in [0.29, 0.717) is 51.0 Å². The second-order valence-corrected chi connectivity index (χ2v) is 16.0. The number of allylic oxidation sites excluding steroid dienone is 2. The monoisotopic (exact) mass is 774 g/mol. The van der Waals surface area contributed by atoms with Gasteiger partial charge in [0.05, 0.1) is 25.4 Å². The number of ketones is 1. The summed E-state index contributed by atoms with van der Waals surface area (Å²) in [4.78, 5) is 31.4. The molecule has 0 aliphatic heterocycles. The van der Waals surface area contributed by atoms with Crippen LogP contribution in [0.25, 0.3) is 0 Å². The quantitative estimate of drug-likeness (QED) is 0.0129. The molecule has 0 amide bonds. The third-order valence-corrected chi connectivity index (χ3v) is 9.64. The molecule has 3 atom stereocenters. The van der Waals surface area contributed by atoms with Crippen molar-refractivity contribution < 1.29 is 31.5 Å². The highest BCUT2D eigenvalue weighted by molar-refractivity contribution is 5.96. The third kappa shape index (κ3) is 30.1. The highest BCUT2D eigenvalue weighted by Crippen LogP contribution is 2.27. The summed E-state index contributed by atoms with van der Waals surface area (Å²) in [5, 5.41) is 0. The zero-order valence-corrected chi connectivity index (χ0v) is 36.7. The lowest BCUT2D eigenvalue weighted by Gasteiger charge is -2.20. The first-order valence-electron chi connectivity index (χ1n) is 22.2. The van der Waals surface area contributed by atoms with Gasteiger partial charge in [-0.1, -0.05) is 135 Å². The number of carbonyl (C=O) groups excluding carboxylic acids is 2. The molecule has 0 rings (SSSR count). The third-order valence-electron chi connectivity index (χ3n) is 9.64. The van der Waals surface area contributed by atoms with E-state index in [4.69, 9.17) is 19.0 Å². The molecule has 0 aromatic rings. The Hall–Kier alpha value is -2.74. The van der Waals surface area contributed by atoms with Gasteiger partial charge in [0.2, 0.25) is 5.78 Å². The number of hydrogen-bond donors (Lipinski definition) is 1. The predicted molar refractivity (Wildman–Crippen MR) is 233 cm³/mol. The molecule has 55 heavy (non-hydrogen) atoms. The molecule has 7 nitrogen and oxygen atoms in total. The van der Waals surface area contributed by atoms with Gasteiger partial charge in [-0.2, -0.15) is 0 Å². The van der Waals surface area contributed by atoms with Crippen LogP contribution in [0.1, 0.15) is 199 Å². The lowest BCUT2D eigenvalue weighted by Crippen LogP contribution is -2.31. The summed E-state index contributed by atoms with van der Waals surface area (Å²) < 4.78 is 17.9. The van der Waals surface area contributed by atoms with Crippen LogP contribution in [0.2, 0.25) is 0 Å². The predicted octanol–water partition coefficient (Wildman–Crippen LogP) is 13.2. The van der Waals surface area contributed by atoms with Crippen molar-refractivity contribution in [2.24, 2.45) is 17.8 Å². The largest absolute Gasteiger partial charge is 0.490 e. The molecule has 2 unspecified atom stereocenters. The lowest BCUT2D eigenvalue weighted by molar-refractivity contribution is -0.147. The zero-order chi connectivity index (χ0) is 41.0. The van der Waals surface area contributed by atoms with Crippen LogP contribution in [-0.4, -0.2) is 43.7 Å².